The van der Waals surface area contributed by atoms with Gasteiger partial charge in [-0.15, -0.1) is 0 Å². The van der Waals surface area contributed by atoms with E-state index < -0.39 is 18.7 Å². The van der Waals surface area contributed by atoms with Crippen molar-refractivity contribution in [3.63, 3.8) is 0 Å². The van der Waals surface area contributed by atoms with Gasteiger partial charge in [-0.05, 0) is 17.7 Å². The van der Waals surface area contributed by atoms with Crippen LogP contribution in [0.25, 0.3) is 0 Å². The van der Waals surface area contributed by atoms with Crippen LogP contribution in [0.15, 0.2) is 29.3 Å². The second-order valence-electron chi connectivity index (χ2n) is 4.36. The predicted octanol–water partition coefficient (Wildman–Crippen LogP) is 1.77. The van der Waals surface area contributed by atoms with Gasteiger partial charge in [0.1, 0.15) is 17.6 Å². The van der Waals surface area contributed by atoms with Crippen LogP contribution in [-0.2, 0) is 4.74 Å². The van der Waals surface area contributed by atoms with Gasteiger partial charge in [-0.1, -0.05) is 12.1 Å². The summed E-state index contributed by atoms with van der Waals surface area (Å²) in [6.07, 6.45) is 0. The Morgan fingerprint density at radius 2 is 2.05 bits per heavy atom. The fraction of sp³-hybridized carbons (Fsp3) is 0.385. The number of methoxy groups -OCH3 is 1. The van der Waals surface area contributed by atoms with Gasteiger partial charge in [0.2, 0.25) is 0 Å². The van der Waals surface area contributed by atoms with Crippen molar-refractivity contribution >= 4 is 11.9 Å². The minimum Gasteiger partial charge on any atom is -0.435 e. The van der Waals surface area contributed by atoms with Gasteiger partial charge in [0.25, 0.3) is 0 Å². The van der Waals surface area contributed by atoms with Crippen LogP contribution in [0.1, 0.15) is 11.6 Å². The third kappa shape index (κ3) is 3.46. The average molecular weight is 299 g/mol. The predicted molar refractivity (Wildman–Crippen MR) is 71.4 cm³/mol. The van der Waals surface area contributed by atoms with E-state index >= 15 is 0 Å². The molecule has 0 saturated heterocycles. The van der Waals surface area contributed by atoms with E-state index in [4.69, 9.17) is 10.5 Å². The molecule has 21 heavy (non-hydrogen) atoms. The number of benzene rings is 1. The topological polar surface area (TPSA) is 77.2 Å². The number of hydrogen-bond acceptors (Lipinski definition) is 4. The van der Waals surface area contributed by atoms with Crippen LogP contribution < -0.4 is 10.5 Å². The van der Waals surface area contributed by atoms with E-state index in [-0.39, 0.29) is 11.6 Å². The summed E-state index contributed by atoms with van der Waals surface area (Å²) >= 11 is 0. The molecule has 1 aliphatic rings. The zero-order valence-corrected chi connectivity index (χ0v) is 11.3. The van der Waals surface area contributed by atoms with Crippen molar-refractivity contribution in [2.45, 2.75) is 12.7 Å². The number of carbonyl (C=O) groups excluding carboxylic acids is 1. The van der Waals surface area contributed by atoms with Crippen LogP contribution in [-0.4, -0.2) is 43.6 Å². The standard InChI is InChI=1S/C13H15F2N3O3/c1-20-7-6-18-10(11(16)17-13(18)19)8-2-4-9(5-3-8)21-12(14)15/h2-5,10,12H,6-7H2,1H3,(H2,16,17,19). The molecule has 114 valence electrons. The molecule has 0 spiro atoms. The lowest BCUT2D eigenvalue weighted by molar-refractivity contribution is -0.0498. The molecule has 1 aromatic rings. The van der Waals surface area contributed by atoms with E-state index in [1.807, 2.05) is 0 Å². The Hall–Kier alpha value is -2.22. The Labute approximate surface area is 120 Å². The minimum atomic E-state index is -2.88. The first kappa shape index (κ1) is 15.2. The molecule has 6 nitrogen and oxygen atoms in total. The smallest absolute Gasteiger partial charge is 0.387 e. The molecule has 1 unspecified atom stereocenters. The number of carbonyl (C=O) groups is 1. The zero-order chi connectivity index (χ0) is 15.4. The number of amidine groups is 1. The minimum absolute atomic E-state index is 0.0389. The number of urea groups is 1. The van der Waals surface area contributed by atoms with E-state index in [2.05, 4.69) is 9.73 Å². The molecule has 0 aromatic heterocycles. The Balaban J connectivity index is 2.17. The first-order valence-electron chi connectivity index (χ1n) is 6.21. The highest BCUT2D eigenvalue weighted by molar-refractivity contribution is 6.03. The molecular weight excluding hydrogens is 284 g/mol. The van der Waals surface area contributed by atoms with Gasteiger partial charge in [0.15, 0.2) is 0 Å². The van der Waals surface area contributed by atoms with Crippen LogP contribution in [0, 0.1) is 0 Å². The van der Waals surface area contributed by atoms with E-state index in [1.54, 1.807) is 12.1 Å². The molecule has 0 bridgehead atoms. The average Bonchev–Trinajstić information content (AvgIpc) is 2.71. The van der Waals surface area contributed by atoms with Gasteiger partial charge in [0, 0.05) is 13.7 Å². The SMILES string of the molecule is COCCN1C(=O)N=C(N)C1c1ccc(OC(F)F)cc1. The lowest BCUT2D eigenvalue weighted by Crippen LogP contribution is -2.35. The molecular formula is C13H15F2N3O3. The van der Waals surface area contributed by atoms with Crippen molar-refractivity contribution in [3.8, 4) is 5.75 Å². The van der Waals surface area contributed by atoms with Gasteiger partial charge in [-0.25, -0.2) is 4.79 Å². The molecule has 1 aliphatic heterocycles. The quantitative estimate of drug-likeness (QED) is 0.868. The molecule has 2 amide bonds. The van der Waals surface area contributed by atoms with Crippen molar-refractivity contribution in [2.75, 3.05) is 20.3 Å². The third-order valence-corrected chi connectivity index (χ3v) is 3.02. The van der Waals surface area contributed by atoms with E-state index in [0.717, 1.165) is 0 Å². The van der Waals surface area contributed by atoms with Gasteiger partial charge in [-0.2, -0.15) is 13.8 Å². The Kier molecular flexibility index (Phi) is 4.69. The van der Waals surface area contributed by atoms with Crippen LogP contribution in [0.3, 0.4) is 0 Å². The van der Waals surface area contributed by atoms with Crippen molar-refractivity contribution < 1.29 is 23.0 Å². The highest BCUT2D eigenvalue weighted by atomic mass is 19.3. The highest BCUT2D eigenvalue weighted by Gasteiger charge is 2.34. The fourth-order valence-electron chi connectivity index (χ4n) is 2.10. The molecule has 2 rings (SSSR count). The highest BCUT2D eigenvalue weighted by Crippen LogP contribution is 2.28. The summed E-state index contributed by atoms with van der Waals surface area (Å²) < 4.78 is 33.4. The lowest BCUT2D eigenvalue weighted by Gasteiger charge is -2.24. The molecule has 0 radical (unpaired) electrons. The van der Waals surface area contributed by atoms with Crippen LogP contribution >= 0.6 is 0 Å². The summed E-state index contributed by atoms with van der Waals surface area (Å²) in [5.41, 5.74) is 6.44. The summed E-state index contributed by atoms with van der Waals surface area (Å²) in [6.45, 7) is -2.20. The van der Waals surface area contributed by atoms with Crippen LogP contribution in [0.2, 0.25) is 0 Å². The first-order chi connectivity index (χ1) is 10.0. The molecule has 1 heterocycles. The number of nitrogens with zero attached hydrogens (tertiary/aromatic N) is 2. The van der Waals surface area contributed by atoms with Crippen molar-refractivity contribution in [1.82, 2.24) is 4.90 Å². The van der Waals surface area contributed by atoms with E-state index in [1.165, 1.54) is 24.1 Å². The fourth-order valence-corrected chi connectivity index (χ4v) is 2.10. The largest absolute Gasteiger partial charge is 0.435 e. The Morgan fingerprint density at radius 3 is 2.62 bits per heavy atom. The van der Waals surface area contributed by atoms with Crippen LogP contribution in [0.5, 0.6) is 5.75 Å². The number of halogens is 2. The van der Waals surface area contributed by atoms with Gasteiger partial charge >= 0.3 is 12.6 Å². The summed E-state index contributed by atoms with van der Waals surface area (Å²) in [5.74, 6) is 0.204. The monoisotopic (exact) mass is 299 g/mol. The molecule has 0 fully saturated rings. The maximum Gasteiger partial charge on any atom is 0.387 e. The van der Waals surface area contributed by atoms with Gasteiger partial charge in [-0.3, -0.25) is 0 Å². The van der Waals surface area contributed by atoms with E-state index in [0.29, 0.717) is 18.7 Å². The zero-order valence-electron chi connectivity index (χ0n) is 11.3. The number of rotatable bonds is 6. The summed E-state index contributed by atoms with van der Waals surface area (Å²) in [6, 6.07) is 4.97. The summed E-state index contributed by atoms with van der Waals surface area (Å²) in [7, 11) is 1.52. The van der Waals surface area contributed by atoms with Crippen molar-refractivity contribution in [2.24, 2.45) is 10.7 Å². The van der Waals surface area contributed by atoms with Gasteiger partial charge < -0.3 is 20.1 Å². The third-order valence-electron chi connectivity index (χ3n) is 3.02. The number of nitrogens with two attached hydrogens (primary N) is 1. The summed E-state index contributed by atoms with van der Waals surface area (Å²) in [5, 5.41) is 0. The maximum absolute atomic E-state index is 12.1. The normalized spacial score (nSPS) is 18.3. The van der Waals surface area contributed by atoms with Crippen LogP contribution in [0.4, 0.5) is 13.6 Å². The molecule has 0 saturated carbocycles. The number of alkyl halides is 2. The van der Waals surface area contributed by atoms with Crippen molar-refractivity contribution in [1.29, 1.82) is 0 Å². The maximum atomic E-state index is 12.1. The Bertz CT molecular complexity index is 534. The summed E-state index contributed by atoms with van der Waals surface area (Å²) in [4.78, 5) is 17.0. The number of aliphatic imine (C=N–C) groups is 1. The lowest BCUT2D eigenvalue weighted by atomic mass is 10.1. The van der Waals surface area contributed by atoms with E-state index in [9.17, 15) is 13.6 Å². The number of hydrogen-bond donors (Lipinski definition) is 1. The molecule has 1 aromatic carbocycles. The molecule has 0 aliphatic carbocycles. The van der Waals surface area contributed by atoms with Crippen molar-refractivity contribution in [3.05, 3.63) is 29.8 Å². The second kappa shape index (κ2) is 6.49. The Morgan fingerprint density at radius 1 is 1.38 bits per heavy atom. The number of ether oxygens (including phenoxy) is 2. The molecule has 1 atom stereocenters. The second-order valence-corrected chi connectivity index (χ2v) is 4.36. The number of amides is 2. The first-order valence-corrected chi connectivity index (χ1v) is 6.21. The van der Waals surface area contributed by atoms with Gasteiger partial charge in [0.05, 0.1) is 6.61 Å². The molecule has 8 heteroatoms. The molecule has 2 N–H and O–H groups in total.